The van der Waals surface area contributed by atoms with Crippen LogP contribution < -0.4 is 5.32 Å². The van der Waals surface area contributed by atoms with Gasteiger partial charge in [0.1, 0.15) is 0 Å². The second-order valence-corrected chi connectivity index (χ2v) is 7.75. The van der Waals surface area contributed by atoms with Crippen molar-refractivity contribution in [1.82, 2.24) is 15.1 Å². The monoisotopic (exact) mass is 423 g/mol. The molecule has 2 atom stereocenters. The summed E-state index contributed by atoms with van der Waals surface area (Å²) in [7, 11) is 2.93. The zero-order chi connectivity index (χ0) is 22.4. The van der Waals surface area contributed by atoms with Gasteiger partial charge < -0.3 is 5.32 Å². The highest BCUT2D eigenvalue weighted by molar-refractivity contribution is 6.21. The third kappa shape index (κ3) is 3.33. The molecule has 1 N–H and O–H groups in total. The maximum atomic E-state index is 12.6. The maximum Gasteiger partial charge on any atom is 0.333 e. The summed E-state index contributed by atoms with van der Waals surface area (Å²) in [6.45, 7) is 3.71. The minimum absolute atomic E-state index is 0.0342. The average Bonchev–Trinajstić information content (AvgIpc) is 3.14. The van der Waals surface area contributed by atoms with Crippen molar-refractivity contribution in [2.24, 2.45) is 15.9 Å². The number of carbonyl (C=O) groups excluding carboxylic acids is 4. The Kier molecular flexibility index (Phi) is 5.00. The molecule has 3 aliphatic heterocycles. The van der Waals surface area contributed by atoms with Gasteiger partial charge in [-0.1, -0.05) is 18.6 Å². The fourth-order valence-corrected chi connectivity index (χ4v) is 4.18. The van der Waals surface area contributed by atoms with Gasteiger partial charge in [-0.2, -0.15) is 0 Å². The Balaban J connectivity index is 1.50. The number of aliphatic imine (C=N–C) groups is 2. The van der Waals surface area contributed by atoms with Crippen LogP contribution in [0.2, 0.25) is 0 Å². The van der Waals surface area contributed by atoms with Crippen LogP contribution in [0.3, 0.4) is 0 Å². The molecule has 2 unspecified atom stereocenters. The summed E-state index contributed by atoms with van der Waals surface area (Å²) in [5.41, 5.74) is 2.88. The van der Waals surface area contributed by atoms with Crippen LogP contribution in [0.15, 0.2) is 45.1 Å². The molecular formula is C21H23N6O4+. The molecule has 0 aromatic rings. The molecule has 0 radical (unpaired) electrons. The van der Waals surface area contributed by atoms with Crippen molar-refractivity contribution in [3.05, 3.63) is 35.1 Å². The predicted octanol–water partition coefficient (Wildman–Crippen LogP) is 0.226. The van der Waals surface area contributed by atoms with E-state index in [0.717, 1.165) is 16.0 Å². The summed E-state index contributed by atoms with van der Waals surface area (Å²) in [4.78, 5) is 60.0. The SMILES string of the molecule is CCC1=C(C)C2C=CC(=NC(=O)C[N+]3=CN=C4C3C(=O)N(C)C(=O)N4C)C=C2NC1=O. The summed E-state index contributed by atoms with van der Waals surface area (Å²) in [6.07, 6.45) is 7.39. The fourth-order valence-electron chi connectivity index (χ4n) is 4.18. The lowest BCUT2D eigenvalue weighted by Gasteiger charge is -2.30. The van der Waals surface area contributed by atoms with Crippen LogP contribution in [0.1, 0.15) is 20.3 Å². The van der Waals surface area contributed by atoms with E-state index in [1.165, 1.54) is 29.9 Å². The third-order valence-electron chi connectivity index (χ3n) is 5.89. The molecule has 1 aliphatic carbocycles. The van der Waals surface area contributed by atoms with Gasteiger partial charge in [0.25, 0.3) is 35.9 Å². The number of amides is 5. The zero-order valence-electron chi connectivity index (χ0n) is 17.7. The fraction of sp³-hybridized carbons (Fsp3) is 0.381. The second kappa shape index (κ2) is 7.53. The van der Waals surface area contributed by atoms with Crippen LogP contribution >= 0.6 is 0 Å². The van der Waals surface area contributed by atoms with Crippen molar-refractivity contribution in [2.45, 2.75) is 26.3 Å². The van der Waals surface area contributed by atoms with Gasteiger partial charge in [0.15, 0.2) is 6.54 Å². The normalized spacial score (nSPS) is 26.5. The van der Waals surface area contributed by atoms with E-state index in [0.29, 0.717) is 17.8 Å². The molecule has 5 amide bonds. The molecule has 1 saturated heterocycles. The van der Waals surface area contributed by atoms with Gasteiger partial charge in [-0.15, -0.1) is 0 Å². The first-order valence-corrected chi connectivity index (χ1v) is 9.97. The van der Waals surface area contributed by atoms with Gasteiger partial charge in [0.2, 0.25) is 0 Å². The number of allylic oxidation sites excluding steroid dienone is 3. The number of fused-ring (bicyclic) bond motifs is 2. The average molecular weight is 423 g/mol. The Morgan fingerprint density at radius 3 is 2.71 bits per heavy atom. The molecule has 3 heterocycles. The highest BCUT2D eigenvalue weighted by Gasteiger charge is 2.50. The van der Waals surface area contributed by atoms with Gasteiger partial charge >= 0.3 is 6.03 Å². The lowest BCUT2D eigenvalue weighted by molar-refractivity contribution is -0.519. The quantitative estimate of drug-likeness (QED) is 0.654. The minimum atomic E-state index is -0.834. The second-order valence-electron chi connectivity index (χ2n) is 7.75. The molecule has 31 heavy (non-hydrogen) atoms. The maximum absolute atomic E-state index is 12.6. The Morgan fingerprint density at radius 2 is 2.00 bits per heavy atom. The Bertz CT molecular complexity index is 1110. The number of likely N-dealkylation sites (N-methyl/N-ethyl adjacent to an activating group) is 2. The Morgan fingerprint density at radius 1 is 1.26 bits per heavy atom. The van der Waals surface area contributed by atoms with Crippen LogP contribution in [0, 0.1) is 5.92 Å². The standard InChI is InChI=1S/C21H22N6O4/c1-5-13-11(2)14-7-6-12(8-15(14)24-19(13)29)23-16(28)9-27-10-22-18-17(27)20(30)26(4)21(31)25(18)3/h6-8,10,14,17H,5,9H2,1-4H3/p+1. The summed E-state index contributed by atoms with van der Waals surface area (Å²) < 4.78 is 1.47. The first-order valence-electron chi connectivity index (χ1n) is 9.97. The number of amidine groups is 1. The number of rotatable bonds is 3. The smallest absolute Gasteiger partial charge is 0.325 e. The lowest BCUT2D eigenvalue weighted by Crippen LogP contribution is -2.61. The van der Waals surface area contributed by atoms with E-state index in [1.807, 2.05) is 19.9 Å². The number of nitrogens with one attached hydrogen (secondary N) is 1. The highest BCUT2D eigenvalue weighted by Crippen LogP contribution is 2.31. The predicted molar refractivity (Wildman–Crippen MR) is 113 cm³/mol. The molecule has 0 spiro atoms. The number of nitrogens with zero attached hydrogens (tertiary/aromatic N) is 5. The number of carbonyl (C=O) groups is 4. The van der Waals surface area contributed by atoms with Crippen LogP contribution in [0.5, 0.6) is 0 Å². The molecule has 0 saturated carbocycles. The van der Waals surface area contributed by atoms with Crippen molar-refractivity contribution in [2.75, 3.05) is 20.6 Å². The lowest BCUT2D eigenvalue weighted by atomic mass is 9.84. The van der Waals surface area contributed by atoms with Gasteiger partial charge in [-0.05, 0) is 30.5 Å². The van der Waals surface area contributed by atoms with E-state index in [9.17, 15) is 19.2 Å². The van der Waals surface area contributed by atoms with E-state index < -0.39 is 23.9 Å². The van der Waals surface area contributed by atoms with Crippen LogP contribution in [0.4, 0.5) is 4.79 Å². The number of imide groups is 1. The molecule has 4 rings (SSSR count). The van der Waals surface area contributed by atoms with E-state index in [1.54, 1.807) is 12.2 Å². The Labute approximate surface area is 179 Å². The molecular weight excluding hydrogens is 400 g/mol. The topological polar surface area (TPSA) is 115 Å². The summed E-state index contributed by atoms with van der Waals surface area (Å²) in [5.74, 6) is -0.791. The Hall–Kier alpha value is -3.69. The molecule has 10 nitrogen and oxygen atoms in total. The minimum Gasteiger partial charge on any atom is -0.325 e. The molecule has 0 aromatic heterocycles. The third-order valence-corrected chi connectivity index (χ3v) is 5.89. The van der Waals surface area contributed by atoms with E-state index >= 15 is 0 Å². The van der Waals surface area contributed by atoms with Crippen molar-refractivity contribution >= 4 is 41.6 Å². The first kappa shape index (κ1) is 20.6. The van der Waals surface area contributed by atoms with E-state index in [4.69, 9.17) is 0 Å². The highest BCUT2D eigenvalue weighted by atomic mass is 16.2. The van der Waals surface area contributed by atoms with Crippen molar-refractivity contribution in [3.8, 4) is 0 Å². The molecule has 0 bridgehead atoms. The zero-order valence-corrected chi connectivity index (χ0v) is 17.7. The largest absolute Gasteiger partial charge is 0.333 e. The summed E-state index contributed by atoms with van der Waals surface area (Å²) in [6, 6.07) is -1.31. The van der Waals surface area contributed by atoms with E-state index in [2.05, 4.69) is 15.3 Å². The number of urea groups is 1. The van der Waals surface area contributed by atoms with E-state index in [-0.39, 0.29) is 24.2 Å². The van der Waals surface area contributed by atoms with Crippen molar-refractivity contribution < 1.29 is 23.8 Å². The van der Waals surface area contributed by atoms with Crippen LogP contribution in [0.25, 0.3) is 0 Å². The summed E-state index contributed by atoms with van der Waals surface area (Å²) in [5, 5.41) is 2.88. The van der Waals surface area contributed by atoms with Crippen molar-refractivity contribution in [1.29, 1.82) is 0 Å². The summed E-state index contributed by atoms with van der Waals surface area (Å²) >= 11 is 0. The molecule has 4 aliphatic rings. The van der Waals surface area contributed by atoms with Crippen molar-refractivity contribution in [3.63, 3.8) is 0 Å². The number of hydrogen-bond donors (Lipinski definition) is 1. The van der Waals surface area contributed by atoms with Gasteiger partial charge in [0.05, 0.1) is 5.71 Å². The molecule has 1 fully saturated rings. The molecule has 160 valence electrons. The first-order chi connectivity index (χ1) is 14.7. The van der Waals surface area contributed by atoms with Crippen LogP contribution in [-0.2, 0) is 14.4 Å². The molecule has 0 aromatic carbocycles. The molecule has 10 heteroatoms. The van der Waals surface area contributed by atoms with Crippen LogP contribution in [-0.4, -0.2) is 82.7 Å². The van der Waals surface area contributed by atoms with Gasteiger partial charge in [-0.3, -0.25) is 24.2 Å². The van der Waals surface area contributed by atoms with Gasteiger partial charge in [-0.25, -0.2) is 14.4 Å². The van der Waals surface area contributed by atoms with Gasteiger partial charge in [0, 0.05) is 31.3 Å². The number of hydrogen-bond acceptors (Lipinski definition) is 5.